The van der Waals surface area contributed by atoms with Gasteiger partial charge in [0.05, 0.1) is 11.3 Å². The van der Waals surface area contributed by atoms with Gasteiger partial charge in [-0.05, 0) is 48.9 Å². The highest BCUT2D eigenvalue weighted by atomic mass is 19.4. The lowest BCUT2D eigenvalue weighted by Crippen LogP contribution is -2.32. The van der Waals surface area contributed by atoms with Crippen LogP contribution in [0.1, 0.15) is 22.3 Å². The molecule has 0 saturated heterocycles. The van der Waals surface area contributed by atoms with E-state index in [1.165, 1.54) is 6.07 Å². The summed E-state index contributed by atoms with van der Waals surface area (Å²) in [5.41, 5.74) is -0.144. The summed E-state index contributed by atoms with van der Waals surface area (Å²) in [7, 11) is 1.92. The van der Waals surface area contributed by atoms with Crippen molar-refractivity contribution in [1.29, 1.82) is 0 Å². The second-order valence-corrected chi connectivity index (χ2v) is 7.57. The number of urea groups is 1. The van der Waals surface area contributed by atoms with E-state index in [0.717, 1.165) is 17.8 Å². The van der Waals surface area contributed by atoms with Crippen LogP contribution >= 0.6 is 0 Å². The molecule has 0 aliphatic carbocycles. The molecule has 0 radical (unpaired) electrons. The van der Waals surface area contributed by atoms with E-state index in [-0.39, 0.29) is 12.2 Å². The summed E-state index contributed by atoms with van der Waals surface area (Å²) in [6.45, 7) is 0.948. The number of para-hydroxylation sites is 1. The van der Waals surface area contributed by atoms with Gasteiger partial charge in [0.25, 0.3) is 5.91 Å². The molecule has 0 bridgehead atoms. The number of benzene rings is 3. The first-order valence-electron chi connectivity index (χ1n) is 10.6. The summed E-state index contributed by atoms with van der Waals surface area (Å²) in [5.74, 6) is -0.535. The van der Waals surface area contributed by atoms with Crippen molar-refractivity contribution in [3.8, 4) is 0 Å². The molecule has 0 saturated carbocycles. The number of halogens is 3. The van der Waals surface area contributed by atoms with Gasteiger partial charge in [0.15, 0.2) is 0 Å². The van der Waals surface area contributed by atoms with Crippen LogP contribution in [0.3, 0.4) is 0 Å². The van der Waals surface area contributed by atoms with Gasteiger partial charge in [-0.15, -0.1) is 0 Å². The Bertz CT molecular complexity index is 1110. The molecule has 9 heteroatoms. The lowest BCUT2D eigenvalue weighted by atomic mass is 10.1. The molecule has 0 aliphatic rings. The second kappa shape index (κ2) is 11.2. The summed E-state index contributed by atoms with van der Waals surface area (Å²) in [5, 5.41) is 7.27. The van der Waals surface area contributed by atoms with Gasteiger partial charge in [0.1, 0.15) is 0 Å². The van der Waals surface area contributed by atoms with E-state index in [9.17, 15) is 22.8 Å². The maximum absolute atomic E-state index is 13.6. The Hall–Kier alpha value is -4.01. The SMILES string of the molecule is CN(CCCNC(=O)Nc1ccc(NC(=O)c2ccccc2)cc1C(F)(F)F)c1ccccc1. The highest BCUT2D eigenvalue weighted by molar-refractivity contribution is 6.04. The number of nitrogens with zero attached hydrogens (tertiary/aromatic N) is 1. The molecule has 3 N–H and O–H groups in total. The number of nitrogens with one attached hydrogen (secondary N) is 3. The summed E-state index contributed by atoms with van der Waals surface area (Å²) >= 11 is 0. The molecule has 0 spiro atoms. The minimum Gasteiger partial charge on any atom is -0.375 e. The Labute approximate surface area is 195 Å². The van der Waals surface area contributed by atoms with E-state index in [2.05, 4.69) is 16.0 Å². The van der Waals surface area contributed by atoms with Crippen LogP contribution in [0, 0.1) is 0 Å². The molecule has 3 aromatic rings. The number of hydrogen-bond donors (Lipinski definition) is 3. The van der Waals surface area contributed by atoms with E-state index in [0.29, 0.717) is 18.5 Å². The Kier molecular flexibility index (Phi) is 8.13. The molecule has 0 heterocycles. The first-order chi connectivity index (χ1) is 16.2. The highest BCUT2D eigenvalue weighted by Gasteiger charge is 2.34. The third-order valence-corrected chi connectivity index (χ3v) is 5.02. The molecule has 178 valence electrons. The van der Waals surface area contributed by atoms with E-state index in [4.69, 9.17) is 0 Å². The smallest absolute Gasteiger partial charge is 0.375 e. The zero-order chi connectivity index (χ0) is 24.6. The van der Waals surface area contributed by atoms with Crippen molar-refractivity contribution in [3.05, 3.63) is 90.0 Å². The molecule has 3 aromatic carbocycles. The normalized spacial score (nSPS) is 10.9. The van der Waals surface area contributed by atoms with Crippen molar-refractivity contribution >= 4 is 29.0 Å². The monoisotopic (exact) mass is 470 g/mol. The Morgan fingerprint density at radius 2 is 1.53 bits per heavy atom. The Balaban J connectivity index is 1.57. The fraction of sp³-hybridized carbons (Fsp3) is 0.200. The van der Waals surface area contributed by atoms with Crippen molar-refractivity contribution in [1.82, 2.24) is 5.32 Å². The first-order valence-corrected chi connectivity index (χ1v) is 10.6. The maximum atomic E-state index is 13.6. The standard InChI is InChI=1S/C25H25F3N4O2/c1-32(20-11-6-3-7-12-20)16-8-15-29-24(34)31-22-14-13-19(17-21(22)25(26,27)28)30-23(33)18-9-4-2-5-10-18/h2-7,9-14,17H,8,15-16H2,1H3,(H,30,33)(H2,29,31,34). The predicted octanol–water partition coefficient (Wildman–Crippen LogP) is 5.61. The van der Waals surface area contributed by atoms with Gasteiger partial charge < -0.3 is 20.9 Å². The zero-order valence-corrected chi connectivity index (χ0v) is 18.5. The van der Waals surface area contributed by atoms with Crippen LogP contribution < -0.4 is 20.9 Å². The van der Waals surface area contributed by atoms with Crippen LogP contribution in [0.2, 0.25) is 0 Å². The van der Waals surface area contributed by atoms with Crippen molar-refractivity contribution in [2.24, 2.45) is 0 Å². The second-order valence-electron chi connectivity index (χ2n) is 7.57. The molecular formula is C25H25F3N4O2. The minimum atomic E-state index is -4.73. The van der Waals surface area contributed by atoms with Crippen LogP contribution in [-0.2, 0) is 6.18 Å². The average Bonchev–Trinajstić information content (AvgIpc) is 2.83. The number of carbonyl (C=O) groups is 2. The number of hydrogen-bond acceptors (Lipinski definition) is 3. The molecule has 34 heavy (non-hydrogen) atoms. The largest absolute Gasteiger partial charge is 0.418 e. The molecule has 0 aliphatic heterocycles. The number of anilines is 3. The van der Waals surface area contributed by atoms with E-state index in [1.54, 1.807) is 30.3 Å². The topological polar surface area (TPSA) is 73.5 Å². The summed E-state index contributed by atoms with van der Waals surface area (Å²) < 4.78 is 40.8. The van der Waals surface area contributed by atoms with Crippen LogP contribution in [0.15, 0.2) is 78.9 Å². The number of carbonyl (C=O) groups excluding carboxylic acids is 2. The molecule has 6 nitrogen and oxygen atoms in total. The maximum Gasteiger partial charge on any atom is 0.418 e. The van der Waals surface area contributed by atoms with Gasteiger partial charge in [-0.3, -0.25) is 4.79 Å². The first kappa shape index (κ1) is 24.6. The van der Waals surface area contributed by atoms with E-state index < -0.39 is 29.4 Å². The van der Waals surface area contributed by atoms with E-state index >= 15 is 0 Å². The lowest BCUT2D eigenvalue weighted by molar-refractivity contribution is -0.136. The van der Waals surface area contributed by atoms with Crippen molar-refractivity contribution in [3.63, 3.8) is 0 Å². The van der Waals surface area contributed by atoms with Crippen molar-refractivity contribution in [2.45, 2.75) is 12.6 Å². The third kappa shape index (κ3) is 6.99. The fourth-order valence-corrected chi connectivity index (χ4v) is 3.25. The van der Waals surface area contributed by atoms with Crippen molar-refractivity contribution < 1.29 is 22.8 Å². The Morgan fingerprint density at radius 1 is 0.882 bits per heavy atom. The average molecular weight is 470 g/mol. The Morgan fingerprint density at radius 3 is 2.18 bits per heavy atom. The lowest BCUT2D eigenvalue weighted by Gasteiger charge is -2.19. The predicted molar refractivity (Wildman–Crippen MR) is 127 cm³/mol. The quantitative estimate of drug-likeness (QED) is 0.375. The van der Waals surface area contributed by atoms with Gasteiger partial charge in [-0.25, -0.2) is 4.79 Å². The molecule has 0 unspecified atom stereocenters. The van der Waals surface area contributed by atoms with Gasteiger partial charge in [0, 0.05) is 37.1 Å². The summed E-state index contributed by atoms with van der Waals surface area (Å²) in [6, 6.07) is 20.3. The molecule has 3 amide bonds. The number of alkyl halides is 3. The van der Waals surface area contributed by atoms with Crippen molar-refractivity contribution in [2.75, 3.05) is 35.7 Å². The summed E-state index contributed by atoms with van der Waals surface area (Å²) in [6.07, 6.45) is -4.12. The molecule has 0 fully saturated rings. The summed E-state index contributed by atoms with van der Waals surface area (Å²) in [4.78, 5) is 26.4. The highest BCUT2D eigenvalue weighted by Crippen LogP contribution is 2.36. The van der Waals surface area contributed by atoms with Gasteiger partial charge in [-0.2, -0.15) is 13.2 Å². The number of rotatable bonds is 8. The minimum absolute atomic E-state index is 0.0314. The number of amides is 3. The molecule has 0 atom stereocenters. The van der Waals surface area contributed by atoms with Crippen LogP contribution in [-0.4, -0.2) is 32.1 Å². The van der Waals surface area contributed by atoms with E-state index in [1.807, 2.05) is 42.3 Å². The van der Waals surface area contributed by atoms with Crippen LogP contribution in [0.4, 0.5) is 35.0 Å². The fourth-order valence-electron chi connectivity index (χ4n) is 3.25. The van der Waals surface area contributed by atoms with Gasteiger partial charge in [-0.1, -0.05) is 36.4 Å². The molecule has 0 aromatic heterocycles. The molecule has 3 rings (SSSR count). The zero-order valence-electron chi connectivity index (χ0n) is 18.5. The van der Waals surface area contributed by atoms with Crippen LogP contribution in [0.5, 0.6) is 0 Å². The molecular weight excluding hydrogens is 445 g/mol. The van der Waals surface area contributed by atoms with Gasteiger partial charge >= 0.3 is 12.2 Å². The van der Waals surface area contributed by atoms with Gasteiger partial charge in [0.2, 0.25) is 0 Å². The third-order valence-electron chi connectivity index (χ3n) is 5.02. The van der Waals surface area contributed by atoms with Crippen LogP contribution in [0.25, 0.3) is 0 Å².